The number of hydrogen-bond acceptors (Lipinski definition) is 4. The van der Waals surface area contributed by atoms with Gasteiger partial charge >= 0.3 is 0 Å². The van der Waals surface area contributed by atoms with E-state index in [-0.39, 0.29) is 0 Å². The van der Waals surface area contributed by atoms with E-state index in [2.05, 4.69) is 21.4 Å². The highest BCUT2D eigenvalue weighted by molar-refractivity contribution is 7.16. The number of hydrogen-bond donors (Lipinski definition) is 2. The molecule has 0 saturated carbocycles. The van der Waals surface area contributed by atoms with Crippen LogP contribution in [0.25, 0.3) is 11.3 Å². The van der Waals surface area contributed by atoms with Crippen LogP contribution in [0.4, 0.5) is 5.13 Å². The van der Waals surface area contributed by atoms with E-state index in [9.17, 15) is 0 Å². The van der Waals surface area contributed by atoms with Crippen molar-refractivity contribution in [2.75, 3.05) is 12.4 Å². The maximum atomic E-state index is 8.91. The fourth-order valence-electron chi connectivity index (χ4n) is 1.17. The van der Waals surface area contributed by atoms with E-state index >= 15 is 0 Å². The SMILES string of the molecule is CNc1nc(-c2cc[nH]c2)c(C#N)s1. The molecule has 0 atom stereocenters. The molecule has 4 nitrogen and oxygen atoms in total. The smallest absolute Gasteiger partial charge is 0.184 e. The van der Waals surface area contributed by atoms with Crippen LogP contribution in [0.3, 0.4) is 0 Å². The Morgan fingerprint density at radius 2 is 2.50 bits per heavy atom. The van der Waals surface area contributed by atoms with Gasteiger partial charge in [0.25, 0.3) is 0 Å². The van der Waals surface area contributed by atoms with Crippen LogP contribution >= 0.6 is 11.3 Å². The molecule has 0 saturated heterocycles. The van der Waals surface area contributed by atoms with Crippen molar-refractivity contribution in [2.45, 2.75) is 0 Å². The molecule has 0 bridgehead atoms. The zero-order valence-corrected chi connectivity index (χ0v) is 8.35. The van der Waals surface area contributed by atoms with Crippen LogP contribution in [0.15, 0.2) is 18.5 Å². The highest BCUT2D eigenvalue weighted by Gasteiger charge is 2.11. The fourth-order valence-corrected chi connectivity index (χ4v) is 1.91. The first-order chi connectivity index (χ1) is 6.85. The van der Waals surface area contributed by atoms with Gasteiger partial charge in [-0.1, -0.05) is 11.3 Å². The third-order valence-corrected chi connectivity index (χ3v) is 2.79. The van der Waals surface area contributed by atoms with Gasteiger partial charge in [-0.2, -0.15) is 5.26 Å². The summed E-state index contributed by atoms with van der Waals surface area (Å²) in [6.45, 7) is 0. The van der Waals surface area contributed by atoms with Gasteiger partial charge in [0, 0.05) is 25.0 Å². The molecular weight excluding hydrogens is 196 g/mol. The molecule has 2 heterocycles. The lowest BCUT2D eigenvalue weighted by molar-refractivity contribution is 1.35. The molecule has 70 valence electrons. The largest absolute Gasteiger partial charge is 0.367 e. The number of nitrogens with zero attached hydrogens (tertiary/aromatic N) is 2. The predicted octanol–water partition coefficient (Wildman–Crippen LogP) is 2.05. The Morgan fingerprint density at radius 3 is 3.07 bits per heavy atom. The summed E-state index contributed by atoms with van der Waals surface area (Å²) in [6.07, 6.45) is 3.64. The molecule has 0 fully saturated rings. The minimum Gasteiger partial charge on any atom is -0.367 e. The summed E-state index contributed by atoms with van der Waals surface area (Å²) in [5.41, 5.74) is 1.68. The molecule has 5 heteroatoms. The number of nitriles is 1. The summed E-state index contributed by atoms with van der Waals surface area (Å²) in [7, 11) is 1.79. The van der Waals surface area contributed by atoms with Crippen LogP contribution in [0, 0.1) is 11.3 Å². The molecule has 0 unspecified atom stereocenters. The average molecular weight is 204 g/mol. The minimum atomic E-state index is 0.633. The molecule has 0 spiro atoms. The monoisotopic (exact) mass is 204 g/mol. The first kappa shape index (κ1) is 8.78. The maximum absolute atomic E-state index is 8.91. The molecule has 0 amide bonds. The van der Waals surface area contributed by atoms with Gasteiger partial charge in [0.05, 0.1) is 0 Å². The van der Waals surface area contributed by atoms with Crippen LogP contribution in [0.1, 0.15) is 4.88 Å². The zero-order chi connectivity index (χ0) is 9.97. The van der Waals surface area contributed by atoms with Gasteiger partial charge in [0.2, 0.25) is 0 Å². The molecule has 0 aromatic carbocycles. The van der Waals surface area contributed by atoms with Crippen molar-refractivity contribution in [2.24, 2.45) is 0 Å². The van der Waals surface area contributed by atoms with E-state index in [1.165, 1.54) is 11.3 Å². The third kappa shape index (κ3) is 1.36. The molecule has 14 heavy (non-hydrogen) atoms. The third-order valence-electron chi connectivity index (χ3n) is 1.81. The second-order valence-electron chi connectivity index (χ2n) is 2.66. The Hall–Kier alpha value is -1.80. The molecule has 2 aromatic rings. The number of aromatic nitrogens is 2. The van der Waals surface area contributed by atoms with Crippen LogP contribution < -0.4 is 5.32 Å². The number of H-pyrrole nitrogens is 1. The van der Waals surface area contributed by atoms with Gasteiger partial charge in [-0.05, 0) is 6.07 Å². The molecule has 0 radical (unpaired) electrons. The number of nitrogens with one attached hydrogen (secondary N) is 2. The number of thiazole rings is 1. The Balaban J connectivity index is 2.53. The van der Waals surface area contributed by atoms with E-state index in [1.807, 2.05) is 18.5 Å². The topological polar surface area (TPSA) is 64.5 Å². The van der Waals surface area contributed by atoms with Gasteiger partial charge in [0.15, 0.2) is 5.13 Å². The number of rotatable bonds is 2. The summed E-state index contributed by atoms with van der Waals surface area (Å²) < 4.78 is 0. The summed E-state index contributed by atoms with van der Waals surface area (Å²) >= 11 is 1.36. The van der Waals surface area contributed by atoms with Gasteiger partial charge in [-0.25, -0.2) is 4.98 Å². The first-order valence-corrected chi connectivity index (χ1v) is 4.88. The Bertz CT molecular complexity index is 463. The molecule has 2 N–H and O–H groups in total. The Morgan fingerprint density at radius 1 is 1.64 bits per heavy atom. The molecule has 2 rings (SSSR count). The summed E-state index contributed by atoms with van der Waals surface area (Å²) in [5, 5.41) is 12.6. The van der Waals surface area contributed by atoms with Crippen molar-refractivity contribution in [1.82, 2.24) is 9.97 Å². The van der Waals surface area contributed by atoms with Crippen molar-refractivity contribution >= 4 is 16.5 Å². The predicted molar refractivity (Wildman–Crippen MR) is 56.2 cm³/mol. The Labute approximate surface area is 85.2 Å². The molecule has 2 aromatic heterocycles. The highest BCUT2D eigenvalue weighted by Crippen LogP contribution is 2.29. The van der Waals surface area contributed by atoms with Crippen LogP contribution in [-0.2, 0) is 0 Å². The van der Waals surface area contributed by atoms with Crippen molar-refractivity contribution in [3.8, 4) is 17.3 Å². The standard InChI is InChI=1S/C9H8N4S/c1-11-9-13-8(7(4-10)14-9)6-2-3-12-5-6/h2-3,5,12H,1H3,(H,11,13). The van der Waals surface area contributed by atoms with E-state index in [4.69, 9.17) is 5.26 Å². The summed E-state index contributed by atoms with van der Waals surface area (Å²) in [6, 6.07) is 4.04. The fraction of sp³-hybridized carbons (Fsp3) is 0.111. The molecule has 0 aliphatic heterocycles. The second-order valence-corrected chi connectivity index (χ2v) is 3.66. The normalized spacial score (nSPS) is 9.71. The minimum absolute atomic E-state index is 0.633. The van der Waals surface area contributed by atoms with E-state index in [1.54, 1.807) is 7.05 Å². The van der Waals surface area contributed by atoms with Gasteiger partial charge in [-0.3, -0.25) is 0 Å². The van der Waals surface area contributed by atoms with E-state index < -0.39 is 0 Å². The van der Waals surface area contributed by atoms with E-state index in [0.29, 0.717) is 4.88 Å². The molecule has 0 aliphatic rings. The quantitative estimate of drug-likeness (QED) is 0.786. The van der Waals surface area contributed by atoms with Crippen LogP contribution in [-0.4, -0.2) is 17.0 Å². The van der Waals surface area contributed by atoms with E-state index in [0.717, 1.165) is 16.4 Å². The van der Waals surface area contributed by atoms with Gasteiger partial charge in [0.1, 0.15) is 16.6 Å². The van der Waals surface area contributed by atoms with Gasteiger partial charge in [-0.15, -0.1) is 0 Å². The lowest BCUT2D eigenvalue weighted by Crippen LogP contribution is -1.85. The first-order valence-electron chi connectivity index (χ1n) is 4.07. The van der Waals surface area contributed by atoms with Gasteiger partial charge < -0.3 is 10.3 Å². The van der Waals surface area contributed by atoms with Crippen LogP contribution in [0.5, 0.6) is 0 Å². The van der Waals surface area contributed by atoms with Crippen molar-refractivity contribution in [3.05, 3.63) is 23.3 Å². The number of aromatic amines is 1. The van der Waals surface area contributed by atoms with Crippen molar-refractivity contribution in [3.63, 3.8) is 0 Å². The molecular formula is C9H8N4S. The highest BCUT2D eigenvalue weighted by atomic mass is 32.1. The van der Waals surface area contributed by atoms with Crippen molar-refractivity contribution < 1.29 is 0 Å². The molecule has 0 aliphatic carbocycles. The summed E-state index contributed by atoms with van der Waals surface area (Å²) in [4.78, 5) is 7.88. The maximum Gasteiger partial charge on any atom is 0.184 e. The lowest BCUT2D eigenvalue weighted by Gasteiger charge is -1.89. The lowest BCUT2D eigenvalue weighted by atomic mass is 10.2. The average Bonchev–Trinajstić information content (AvgIpc) is 2.85. The van der Waals surface area contributed by atoms with Crippen LogP contribution in [0.2, 0.25) is 0 Å². The second kappa shape index (κ2) is 3.52. The number of anilines is 1. The van der Waals surface area contributed by atoms with Crippen molar-refractivity contribution in [1.29, 1.82) is 5.26 Å². The summed E-state index contributed by atoms with van der Waals surface area (Å²) in [5.74, 6) is 0. The zero-order valence-electron chi connectivity index (χ0n) is 7.53. The Kier molecular flexibility index (Phi) is 2.21.